The number of halogens is 6. The van der Waals surface area contributed by atoms with Crippen molar-refractivity contribution in [2.75, 3.05) is 5.32 Å². The van der Waals surface area contributed by atoms with Crippen LogP contribution in [0.25, 0.3) is 0 Å². The first kappa shape index (κ1) is 25.0. The maximum Gasteiger partial charge on any atom is 0.270 e. The Kier molecular flexibility index (Phi) is 8.64. The largest absolute Gasteiger partial charge is 0.339 e. The van der Waals surface area contributed by atoms with Crippen LogP contribution >= 0.6 is 81.8 Å². The molecule has 7 nitrogen and oxygen atoms in total. The number of amides is 1. The number of thiocarbonyl (C=S) groups is 1. The molecule has 3 N–H and O–H groups in total. The molecule has 0 aliphatic heterocycles. The van der Waals surface area contributed by atoms with E-state index in [9.17, 15) is 14.9 Å². The number of alkyl halides is 3. The molecule has 0 saturated heterocycles. The topological polar surface area (TPSA) is 96.3 Å². The van der Waals surface area contributed by atoms with Gasteiger partial charge in [-0.3, -0.25) is 14.9 Å². The van der Waals surface area contributed by atoms with E-state index < -0.39 is 20.8 Å². The van der Waals surface area contributed by atoms with Crippen LogP contribution in [0, 0.1) is 10.1 Å². The normalized spacial score (nSPS) is 12.1. The Morgan fingerprint density at radius 3 is 2.20 bits per heavy atom. The lowest BCUT2D eigenvalue weighted by atomic mass is 10.2. The van der Waals surface area contributed by atoms with Crippen LogP contribution in [0.1, 0.15) is 10.4 Å². The van der Waals surface area contributed by atoms with Crippen molar-refractivity contribution in [3.05, 3.63) is 67.1 Å². The summed E-state index contributed by atoms with van der Waals surface area (Å²) in [6.07, 6.45) is -1.32. The first-order valence-electron chi connectivity index (χ1n) is 7.72. The van der Waals surface area contributed by atoms with E-state index in [1.807, 2.05) is 0 Å². The molecule has 2 aromatic rings. The zero-order valence-corrected chi connectivity index (χ0v) is 19.7. The smallest absolute Gasteiger partial charge is 0.270 e. The van der Waals surface area contributed by atoms with Gasteiger partial charge in [0, 0.05) is 22.7 Å². The Bertz CT molecular complexity index is 978. The molecule has 0 saturated carbocycles. The number of hydrogen-bond acceptors (Lipinski definition) is 4. The first-order chi connectivity index (χ1) is 13.9. The number of nitrogens with one attached hydrogen (secondary N) is 3. The molecule has 0 radical (unpaired) electrons. The Morgan fingerprint density at radius 2 is 1.67 bits per heavy atom. The summed E-state index contributed by atoms with van der Waals surface area (Å²) in [5.74, 6) is -0.743. The maximum absolute atomic E-state index is 12.5. The SMILES string of the molecule is O=C(N[C@@H](NC(=S)Nc1c(Cl)cc(Cl)cc1Cl)C(Cl)(Cl)Cl)c1cccc([N+](=O)[O-])c1. The van der Waals surface area contributed by atoms with Gasteiger partial charge >= 0.3 is 0 Å². The van der Waals surface area contributed by atoms with Crippen LogP contribution in [0.5, 0.6) is 0 Å². The summed E-state index contributed by atoms with van der Waals surface area (Å²) in [7, 11) is 0. The predicted molar refractivity (Wildman–Crippen MR) is 125 cm³/mol. The molecule has 0 fully saturated rings. The Balaban J connectivity index is 2.17. The lowest BCUT2D eigenvalue weighted by molar-refractivity contribution is -0.384. The summed E-state index contributed by atoms with van der Waals surface area (Å²) in [6.45, 7) is 0. The third kappa shape index (κ3) is 6.88. The maximum atomic E-state index is 12.5. The molecule has 0 aliphatic carbocycles. The van der Waals surface area contributed by atoms with E-state index in [0.717, 1.165) is 6.07 Å². The number of carbonyl (C=O) groups excluding carboxylic acids is 1. The van der Waals surface area contributed by atoms with Gasteiger partial charge in [0.2, 0.25) is 3.79 Å². The monoisotopic (exact) mass is 548 g/mol. The first-order valence-corrected chi connectivity index (χ1v) is 10.4. The molecular formula is C16H10Cl6N4O3S. The molecule has 1 amide bonds. The predicted octanol–water partition coefficient (Wildman–Crippen LogP) is 5.97. The van der Waals surface area contributed by atoms with Crippen molar-refractivity contribution in [1.29, 1.82) is 0 Å². The van der Waals surface area contributed by atoms with Gasteiger partial charge < -0.3 is 16.0 Å². The molecular weight excluding hydrogens is 541 g/mol. The van der Waals surface area contributed by atoms with Crippen LogP contribution < -0.4 is 16.0 Å². The zero-order chi connectivity index (χ0) is 22.6. The fraction of sp³-hybridized carbons (Fsp3) is 0.125. The van der Waals surface area contributed by atoms with Crippen molar-refractivity contribution in [1.82, 2.24) is 10.6 Å². The fourth-order valence-corrected chi connectivity index (χ4v) is 3.58. The van der Waals surface area contributed by atoms with Crippen LogP contribution in [-0.2, 0) is 0 Å². The Hall–Kier alpha value is -1.26. The molecule has 2 aromatic carbocycles. The Morgan fingerprint density at radius 1 is 1.07 bits per heavy atom. The van der Waals surface area contributed by atoms with Crippen molar-refractivity contribution in [2.24, 2.45) is 0 Å². The Labute approximate surface area is 206 Å². The number of carbonyl (C=O) groups is 1. The van der Waals surface area contributed by atoms with Crippen molar-refractivity contribution in [2.45, 2.75) is 9.96 Å². The minimum Gasteiger partial charge on any atom is -0.339 e. The number of anilines is 1. The number of hydrogen-bond donors (Lipinski definition) is 3. The van der Waals surface area contributed by atoms with Crippen LogP contribution in [0.3, 0.4) is 0 Å². The van der Waals surface area contributed by atoms with Crippen LogP contribution in [0.2, 0.25) is 15.1 Å². The van der Waals surface area contributed by atoms with E-state index in [4.69, 9.17) is 81.8 Å². The highest BCUT2D eigenvalue weighted by Gasteiger charge is 2.35. The highest BCUT2D eigenvalue weighted by atomic mass is 35.6. The lowest BCUT2D eigenvalue weighted by Gasteiger charge is -2.28. The zero-order valence-electron chi connectivity index (χ0n) is 14.4. The van der Waals surface area contributed by atoms with Gasteiger partial charge in [-0.05, 0) is 30.4 Å². The van der Waals surface area contributed by atoms with Crippen molar-refractivity contribution in [3.63, 3.8) is 0 Å². The second-order valence-corrected chi connectivity index (χ2v) is 9.63. The summed E-state index contributed by atoms with van der Waals surface area (Å²) in [5, 5.41) is 19.3. The average Bonchev–Trinajstić information content (AvgIpc) is 2.63. The minimum absolute atomic E-state index is 0.0204. The number of nitrogens with zero attached hydrogens (tertiary/aromatic N) is 1. The third-order valence-electron chi connectivity index (χ3n) is 3.44. The van der Waals surface area contributed by atoms with Crippen molar-refractivity contribution < 1.29 is 9.72 Å². The standard InChI is InChI=1S/C16H10Cl6N4O3S/c17-8-5-10(18)12(11(19)6-8)23-15(30)25-14(16(20,21)22)24-13(27)7-2-1-3-9(4-7)26(28)29/h1-6,14H,(H,24,27)(H2,23,25,30)/t14-/m0/s1. The van der Waals surface area contributed by atoms with Gasteiger partial charge in [-0.15, -0.1) is 0 Å². The van der Waals surface area contributed by atoms with E-state index in [1.54, 1.807) is 0 Å². The van der Waals surface area contributed by atoms with Crippen LogP contribution in [-0.4, -0.2) is 25.9 Å². The van der Waals surface area contributed by atoms with E-state index >= 15 is 0 Å². The van der Waals surface area contributed by atoms with E-state index in [1.165, 1.54) is 30.3 Å². The van der Waals surface area contributed by atoms with Gasteiger partial charge in [0.15, 0.2) is 5.11 Å². The quantitative estimate of drug-likeness (QED) is 0.140. The third-order valence-corrected chi connectivity index (χ3v) is 5.13. The summed E-state index contributed by atoms with van der Waals surface area (Å²) >= 11 is 41.0. The number of nitro benzene ring substituents is 1. The van der Waals surface area contributed by atoms with Gasteiger partial charge in [-0.1, -0.05) is 75.7 Å². The minimum atomic E-state index is -2.05. The summed E-state index contributed by atoms with van der Waals surface area (Å²) in [6, 6.07) is 7.91. The van der Waals surface area contributed by atoms with Gasteiger partial charge in [0.25, 0.3) is 11.6 Å². The molecule has 2 rings (SSSR count). The van der Waals surface area contributed by atoms with E-state index in [0.29, 0.717) is 5.02 Å². The van der Waals surface area contributed by atoms with Crippen molar-refractivity contribution >= 4 is 104 Å². The average molecular weight is 551 g/mol. The highest BCUT2D eigenvalue weighted by molar-refractivity contribution is 7.80. The number of nitro groups is 1. The second kappa shape index (κ2) is 10.4. The fourth-order valence-electron chi connectivity index (χ4n) is 2.12. The summed E-state index contributed by atoms with van der Waals surface area (Å²) in [5.41, 5.74) is -0.0496. The number of non-ortho nitro benzene ring substituents is 1. The molecule has 0 unspecified atom stereocenters. The van der Waals surface area contributed by atoms with Crippen molar-refractivity contribution in [3.8, 4) is 0 Å². The lowest BCUT2D eigenvalue weighted by Crippen LogP contribution is -2.56. The highest BCUT2D eigenvalue weighted by Crippen LogP contribution is 2.34. The molecule has 0 aromatic heterocycles. The number of rotatable bonds is 5. The molecule has 30 heavy (non-hydrogen) atoms. The molecule has 160 valence electrons. The second-order valence-electron chi connectivity index (χ2n) is 5.60. The molecule has 0 bridgehead atoms. The summed E-state index contributed by atoms with van der Waals surface area (Å²) < 4.78 is -2.05. The molecule has 0 aliphatic rings. The number of benzene rings is 2. The molecule has 14 heteroatoms. The van der Waals surface area contributed by atoms with Crippen LogP contribution in [0.4, 0.5) is 11.4 Å². The summed E-state index contributed by atoms with van der Waals surface area (Å²) in [4.78, 5) is 22.7. The van der Waals surface area contributed by atoms with E-state index in [2.05, 4.69) is 16.0 Å². The van der Waals surface area contributed by atoms with Gasteiger partial charge in [0.05, 0.1) is 20.7 Å². The molecule has 0 spiro atoms. The van der Waals surface area contributed by atoms with Gasteiger partial charge in [0.1, 0.15) is 6.17 Å². The molecule has 0 heterocycles. The van der Waals surface area contributed by atoms with Crippen LogP contribution in [0.15, 0.2) is 36.4 Å². The van der Waals surface area contributed by atoms with E-state index in [-0.39, 0.29) is 32.1 Å². The van der Waals surface area contributed by atoms with Gasteiger partial charge in [-0.2, -0.15) is 0 Å². The molecule has 1 atom stereocenters. The van der Waals surface area contributed by atoms with Gasteiger partial charge in [-0.25, -0.2) is 0 Å².